The van der Waals surface area contributed by atoms with Gasteiger partial charge in [0.1, 0.15) is 12.0 Å². The van der Waals surface area contributed by atoms with Crippen LogP contribution < -0.4 is 20.7 Å². The molecule has 2 aliphatic heterocycles. The van der Waals surface area contributed by atoms with Crippen molar-refractivity contribution in [2.45, 2.75) is 44.0 Å². The van der Waals surface area contributed by atoms with Gasteiger partial charge in [-0.15, -0.1) is 11.3 Å². The van der Waals surface area contributed by atoms with E-state index in [4.69, 9.17) is 4.74 Å². The number of benzene rings is 1. The minimum Gasteiger partial charge on any atom is -0.453 e. The molecule has 7 rings (SSSR count). The number of pyridine rings is 2. The molecule has 44 heavy (non-hydrogen) atoms. The molecule has 1 saturated carbocycles. The number of halogens is 1. The second-order valence-electron chi connectivity index (χ2n) is 11.7. The fourth-order valence-corrected chi connectivity index (χ4v) is 6.98. The molecule has 0 bridgehead atoms. The number of aromatic nitrogens is 2. The molecule has 12 heteroatoms. The van der Waals surface area contributed by atoms with E-state index in [1.165, 1.54) is 23.5 Å². The maximum absolute atomic E-state index is 14.9. The van der Waals surface area contributed by atoms with Gasteiger partial charge in [-0.3, -0.25) is 19.8 Å². The first-order valence-corrected chi connectivity index (χ1v) is 16.1. The van der Waals surface area contributed by atoms with Gasteiger partial charge in [-0.05, 0) is 49.9 Å². The normalized spacial score (nSPS) is 19.1. The Morgan fingerprint density at radius 2 is 1.84 bits per heavy atom. The predicted octanol–water partition coefficient (Wildman–Crippen LogP) is 4.93. The first-order valence-electron chi connectivity index (χ1n) is 15.3. The summed E-state index contributed by atoms with van der Waals surface area (Å²) in [5.41, 5.74) is 2.61. The number of hydrogen-bond acceptors (Lipinski definition) is 9. The van der Waals surface area contributed by atoms with E-state index in [0.29, 0.717) is 17.5 Å². The average molecular weight is 618 g/mol. The van der Waals surface area contributed by atoms with Crippen LogP contribution in [0.25, 0.3) is 20.8 Å². The maximum atomic E-state index is 14.9. The van der Waals surface area contributed by atoms with E-state index < -0.39 is 12.0 Å². The van der Waals surface area contributed by atoms with Crippen LogP contribution in [-0.4, -0.2) is 82.3 Å². The number of nitrogens with one attached hydrogen (secondary N) is 3. The van der Waals surface area contributed by atoms with Crippen LogP contribution in [0.5, 0.6) is 11.5 Å². The molecule has 0 spiro atoms. The molecule has 2 saturated heterocycles. The smallest absolute Gasteiger partial charge is 0.319 e. The van der Waals surface area contributed by atoms with Crippen LogP contribution in [0.3, 0.4) is 0 Å². The number of fused-ring (bicyclic) bond motifs is 1. The van der Waals surface area contributed by atoms with E-state index in [1.54, 1.807) is 24.5 Å². The Morgan fingerprint density at radius 3 is 2.57 bits per heavy atom. The highest BCUT2D eigenvalue weighted by Gasteiger charge is 2.29. The summed E-state index contributed by atoms with van der Waals surface area (Å²) in [4.78, 5) is 26.7. The Kier molecular flexibility index (Phi) is 8.41. The molecule has 4 N–H and O–H groups in total. The van der Waals surface area contributed by atoms with Gasteiger partial charge >= 0.3 is 6.03 Å². The highest BCUT2D eigenvalue weighted by Crippen LogP contribution is 2.39. The van der Waals surface area contributed by atoms with Crippen molar-refractivity contribution in [3.63, 3.8) is 0 Å². The number of aliphatic hydroxyl groups excluding tert-OH is 1. The van der Waals surface area contributed by atoms with E-state index >= 15 is 0 Å². The van der Waals surface area contributed by atoms with E-state index in [1.807, 2.05) is 18.2 Å². The van der Waals surface area contributed by atoms with E-state index in [0.717, 1.165) is 91.3 Å². The molecule has 1 aliphatic carbocycles. The zero-order chi connectivity index (χ0) is 30.0. The number of rotatable bonds is 8. The van der Waals surface area contributed by atoms with Crippen molar-refractivity contribution >= 4 is 33.3 Å². The summed E-state index contributed by atoms with van der Waals surface area (Å²) in [7, 11) is 0. The lowest BCUT2D eigenvalue weighted by molar-refractivity contribution is -0.0277. The topological polar surface area (TPSA) is 115 Å². The number of nitrogens with zero attached hydrogens (tertiary/aromatic N) is 4. The molecule has 1 atom stereocenters. The number of anilines is 1. The highest BCUT2D eigenvalue weighted by atomic mass is 32.1. The highest BCUT2D eigenvalue weighted by molar-refractivity contribution is 7.22. The summed E-state index contributed by atoms with van der Waals surface area (Å²) in [6.07, 6.45) is 6.75. The van der Waals surface area contributed by atoms with Crippen molar-refractivity contribution in [1.29, 1.82) is 0 Å². The number of likely N-dealkylation sites (tertiary alicyclic amines) is 1. The number of ether oxygens (including phenoxy) is 1. The Hall–Kier alpha value is -3.68. The summed E-state index contributed by atoms with van der Waals surface area (Å²) >= 11 is 1.46. The SMILES string of the molecule is O=C(Nc1ccc(Oc2ccnc3cc(-c4ccc(C(O)N5CCC(N6CCNCC6)CC5)cn4)sc23)c(F)c1)NC1CC1. The second kappa shape index (κ2) is 12.7. The molecule has 4 aromatic rings. The molecule has 3 fully saturated rings. The van der Waals surface area contributed by atoms with Gasteiger partial charge < -0.3 is 25.8 Å². The van der Waals surface area contributed by atoms with Gasteiger partial charge in [0.2, 0.25) is 0 Å². The third-order valence-corrected chi connectivity index (χ3v) is 9.71. The van der Waals surface area contributed by atoms with E-state index in [2.05, 4.69) is 35.7 Å². The summed E-state index contributed by atoms with van der Waals surface area (Å²) in [6, 6.07) is 12.3. The number of piperazine rings is 1. The van der Waals surface area contributed by atoms with Crippen molar-refractivity contribution < 1.29 is 19.0 Å². The molecule has 1 unspecified atom stereocenters. The average Bonchev–Trinajstić information content (AvgIpc) is 3.76. The Bertz CT molecular complexity index is 1620. The quantitative estimate of drug-likeness (QED) is 0.220. The van der Waals surface area contributed by atoms with Gasteiger partial charge in [-0.2, -0.15) is 0 Å². The number of carbonyl (C=O) groups is 1. The molecule has 0 radical (unpaired) electrons. The lowest BCUT2D eigenvalue weighted by atomic mass is 10.0. The van der Waals surface area contributed by atoms with Gasteiger partial charge in [0.15, 0.2) is 11.6 Å². The van der Waals surface area contributed by atoms with Crippen molar-refractivity contribution in [3.8, 4) is 22.1 Å². The second-order valence-corrected chi connectivity index (χ2v) is 12.7. The monoisotopic (exact) mass is 617 g/mol. The fourth-order valence-electron chi connectivity index (χ4n) is 5.94. The molecular weight excluding hydrogens is 581 g/mol. The van der Waals surface area contributed by atoms with Gasteiger partial charge in [0.05, 0.1) is 20.8 Å². The van der Waals surface area contributed by atoms with Crippen LogP contribution in [0.1, 0.15) is 37.5 Å². The largest absolute Gasteiger partial charge is 0.453 e. The maximum Gasteiger partial charge on any atom is 0.319 e. The summed E-state index contributed by atoms with van der Waals surface area (Å²) < 4.78 is 21.7. The minimum atomic E-state index is -0.686. The molecule has 2 amide bonds. The first-order chi connectivity index (χ1) is 21.5. The molecule has 5 heterocycles. The van der Waals surface area contributed by atoms with Crippen LogP contribution in [0.2, 0.25) is 0 Å². The van der Waals surface area contributed by atoms with Crippen molar-refractivity contribution in [2.75, 3.05) is 44.6 Å². The van der Waals surface area contributed by atoms with Gasteiger partial charge in [-0.1, -0.05) is 6.07 Å². The molecule has 3 aliphatic rings. The van der Waals surface area contributed by atoms with E-state index in [-0.39, 0.29) is 17.8 Å². The summed E-state index contributed by atoms with van der Waals surface area (Å²) in [5.74, 6) is -0.0533. The summed E-state index contributed by atoms with van der Waals surface area (Å²) in [6.45, 7) is 6.02. The number of urea groups is 1. The zero-order valence-corrected chi connectivity index (χ0v) is 25.2. The van der Waals surface area contributed by atoms with Gasteiger partial charge in [0, 0.05) is 87.1 Å². The third kappa shape index (κ3) is 6.54. The van der Waals surface area contributed by atoms with E-state index in [9.17, 15) is 14.3 Å². The van der Waals surface area contributed by atoms with Crippen LogP contribution in [0, 0.1) is 5.82 Å². The summed E-state index contributed by atoms with van der Waals surface area (Å²) in [5, 5.41) is 20.0. The molecule has 10 nitrogen and oxygen atoms in total. The number of thiophene rings is 1. The van der Waals surface area contributed by atoms with Crippen LogP contribution >= 0.6 is 11.3 Å². The number of aliphatic hydroxyl groups is 1. The lowest BCUT2D eigenvalue weighted by Gasteiger charge is -2.41. The number of amides is 2. The number of carbonyl (C=O) groups excluding carboxylic acids is 1. The van der Waals surface area contributed by atoms with Crippen molar-refractivity contribution in [1.82, 2.24) is 30.4 Å². The molecular formula is C32H36FN7O3S. The predicted molar refractivity (Wildman–Crippen MR) is 168 cm³/mol. The molecule has 230 valence electrons. The molecule has 3 aromatic heterocycles. The molecule has 1 aromatic carbocycles. The number of hydrogen-bond donors (Lipinski definition) is 4. The lowest BCUT2D eigenvalue weighted by Crippen LogP contribution is -2.52. The van der Waals surface area contributed by atoms with Crippen molar-refractivity contribution in [3.05, 3.63) is 66.2 Å². The minimum absolute atomic E-state index is 0.0500. The Balaban J connectivity index is 1.00. The Morgan fingerprint density at radius 1 is 1.02 bits per heavy atom. The standard InChI is InChI=1S/C32H36FN7O3S/c33-24-17-22(38-32(42)37-21-2-3-21)4-6-27(24)43-28-7-10-35-26-18-29(44-30(26)28)25-5-1-20(19-36-25)31(41)40-13-8-23(9-14-40)39-15-11-34-12-16-39/h1,4-7,10,17-19,21,23,31,34,41H,2-3,8-9,11-16H2,(H2,37,38,42). The van der Waals surface area contributed by atoms with Crippen LogP contribution in [0.4, 0.5) is 14.9 Å². The van der Waals surface area contributed by atoms with Crippen molar-refractivity contribution in [2.24, 2.45) is 0 Å². The number of piperidine rings is 1. The Labute approximate surface area is 259 Å². The van der Waals surface area contributed by atoms with Crippen LogP contribution in [-0.2, 0) is 0 Å². The first kappa shape index (κ1) is 29.1. The fraction of sp³-hybridized carbons (Fsp3) is 0.406. The van der Waals surface area contributed by atoms with Gasteiger partial charge in [0.25, 0.3) is 0 Å². The van der Waals surface area contributed by atoms with Gasteiger partial charge in [-0.25, -0.2) is 9.18 Å². The zero-order valence-electron chi connectivity index (χ0n) is 24.3. The third-order valence-electron chi connectivity index (χ3n) is 8.55. The van der Waals surface area contributed by atoms with Crippen LogP contribution in [0.15, 0.2) is 54.9 Å².